The molecular formula is C12H22ClN5. The first-order valence-corrected chi connectivity index (χ1v) is 6.82. The molecule has 0 aliphatic rings. The number of nitrogens with zero attached hydrogens (tertiary/aromatic N) is 2. The summed E-state index contributed by atoms with van der Waals surface area (Å²) in [6.45, 7) is 5.29. The molecule has 0 amide bonds. The quantitative estimate of drug-likeness (QED) is 0.500. The average Bonchev–Trinajstić information content (AvgIpc) is 2.40. The number of anilines is 2. The largest absolute Gasteiger partial charge is 0.368 e. The van der Waals surface area contributed by atoms with Crippen molar-refractivity contribution in [3.8, 4) is 0 Å². The number of rotatable bonds is 8. The van der Waals surface area contributed by atoms with Crippen molar-refractivity contribution in [1.29, 1.82) is 0 Å². The molecule has 1 aromatic heterocycles. The van der Waals surface area contributed by atoms with Gasteiger partial charge in [-0.25, -0.2) is 10.8 Å². The van der Waals surface area contributed by atoms with Crippen LogP contribution in [0.2, 0.25) is 5.02 Å². The van der Waals surface area contributed by atoms with Crippen molar-refractivity contribution in [1.82, 2.24) is 9.97 Å². The van der Waals surface area contributed by atoms with E-state index < -0.39 is 0 Å². The van der Waals surface area contributed by atoms with Crippen molar-refractivity contribution in [2.75, 3.05) is 17.3 Å². The number of hydrazine groups is 1. The Bertz CT molecular complexity index is 358. The van der Waals surface area contributed by atoms with Crippen molar-refractivity contribution in [3.63, 3.8) is 0 Å². The molecule has 18 heavy (non-hydrogen) atoms. The van der Waals surface area contributed by atoms with E-state index in [1.54, 1.807) is 6.20 Å². The number of unbranched alkanes of at least 4 members (excludes halogenated alkanes) is 1. The summed E-state index contributed by atoms with van der Waals surface area (Å²) in [5.41, 5.74) is 2.41. The van der Waals surface area contributed by atoms with Gasteiger partial charge in [0.15, 0.2) is 5.82 Å². The lowest BCUT2D eigenvalue weighted by molar-refractivity contribution is 0.472. The minimum absolute atomic E-state index is 0.364. The van der Waals surface area contributed by atoms with Crippen molar-refractivity contribution < 1.29 is 0 Å². The van der Waals surface area contributed by atoms with Crippen LogP contribution in [0, 0.1) is 5.92 Å². The van der Waals surface area contributed by atoms with Gasteiger partial charge in [-0.1, -0.05) is 44.7 Å². The van der Waals surface area contributed by atoms with Crippen LogP contribution in [-0.4, -0.2) is 16.5 Å². The fourth-order valence-electron chi connectivity index (χ4n) is 1.74. The second kappa shape index (κ2) is 8.11. The highest BCUT2D eigenvalue weighted by molar-refractivity contribution is 6.32. The van der Waals surface area contributed by atoms with E-state index in [9.17, 15) is 0 Å². The van der Waals surface area contributed by atoms with Crippen LogP contribution in [-0.2, 0) is 0 Å². The van der Waals surface area contributed by atoms with Gasteiger partial charge in [-0.3, -0.25) is 5.43 Å². The lowest BCUT2D eigenvalue weighted by Crippen LogP contribution is -2.16. The summed E-state index contributed by atoms with van der Waals surface area (Å²) in [5, 5.41) is 3.78. The Morgan fingerprint density at radius 3 is 2.83 bits per heavy atom. The topological polar surface area (TPSA) is 75.9 Å². The minimum Gasteiger partial charge on any atom is -0.368 e. The fraction of sp³-hybridized carbons (Fsp3) is 0.667. The highest BCUT2D eigenvalue weighted by Gasteiger charge is 2.09. The van der Waals surface area contributed by atoms with Crippen LogP contribution in [0.1, 0.15) is 39.5 Å². The van der Waals surface area contributed by atoms with Gasteiger partial charge in [-0.05, 0) is 12.3 Å². The van der Waals surface area contributed by atoms with E-state index in [-0.39, 0.29) is 0 Å². The van der Waals surface area contributed by atoms with Crippen LogP contribution in [0.15, 0.2) is 6.20 Å². The Hall–Kier alpha value is -1.07. The number of halogens is 1. The number of hydrogen-bond donors (Lipinski definition) is 3. The van der Waals surface area contributed by atoms with Gasteiger partial charge in [0, 0.05) is 6.54 Å². The van der Waals surface area contributed by atoms with E-state index in [0.717, 1.165) is 13.0 Å². The van der Waals surface area contributed by atoms with E-state index in [0.29, 0.717) is 22.7 Å². The van der Waals surface area contributed by atoms with E-state index in [1.807, 2.05) is 0 Å². The summed E-state index contributed by atoms with van der Waals surface area (Å²) >= 11 is 6.03. The van der Waals surface area contributed by atoms with E-state index in [2.05, 4.69) is 34.6 Å². The third-order valence-corrected chi connectivity index (χ3v) is 3.25. The SMILES string of the molecule is CCCCC(CC)CNc1nc(NN)ncc1Cl. The molecule has 1 aromatic rings. The van der Waals surface area contributed by atoms with Crippen molar-refractivity contribution in [3.05, 3.63) is 11.2 Å². The normalized spacial score (nSPS) is 12.2. The molecule has 6 heteroatoms. The maximum absolute atomic E-state index is 6.03. The molecule has 0 radical (unpaired) electrons. The van der Waals surface area contributed by atoms with Crippen LogP contribution >= 0.6 is 11.6 Å². The summed E-state index contributed by atoms with van der Waals surface area (Å²) in [6.07, 6.45) is 6.40. The number of nitrogens with one attached hydrogen (secondary N) is 2. The molecule has 102 valence electrons. The zero-order valence-electron chi connectivity index (χ0n) is 11.0. The molecule has 0 saturated carbocycles. The Morgan fingerprint density at radius 1 is 1.44 bits per heavy atom. The molecule has 0 aliphatic heterocycles. The van der Waals surface area contributed by atoms with Crippen LogP contribution in [0.4, 0.5) is 11.8 Å². The molecule has 0 bridgehead atoms. The molecule has 0 spiro atoms. The van der Waals surface area contributed by atoms with Gasteiger partial charge in [-0.15, -0.1) is 0 Å². The molecule has 1 rings (SSSR count). The maximum Gasteiger partial charge on any atom is 0.239 e. The zero-order valence-corrected chi connectivity index (χ0v) is 11.8. The van der Waals surface area contributed by atoms with Gasteiger partial charge in [0.25, 0.3) is 0 Å². The van der Waals surface area contributed by atoms with Crippen LogP contribution in [0.5, 0.6) is 0 Å². The van der Waals surface area contributed by atoms with E-state index in [1.165, 1.54) is 19.3 Å². The highest BCUT2D eigenvalue weighted by atomic mass is 35.5. The van der Waals surface area contributed by atoms with E-state index in [4.69, 9.17) is 17.4 Å². The zero-order chi connectivity index (χ0) is 13.4. The Labute approximate surface area is 114 Å². The number of hydrogen-bond acceptors (Lipinski definition) is 5. The van der Waals surface area contributed by atoms with Crippen molar-refractivity contribution >= 4 is 23.4 Å². The summed E-state index contributed by atoms with van der Waals surface area (Å²) in [5.74, 6) is 6.91. The molecule has 1 heterocycles. The first kappa shape index (κ1) is 15.0. The van der Waals surface area contributed by atoms with E-state index >= 15 is 0 Å². The number of nitrogens with two attached hydrogens (primary N) is 1. The third-order valence-electron chi connectivity index (χ3n) is 2.97. The predicted molar refractivity (Wildman–Crippen MR) is 76.6 cm³/mol. The lowest BCUT2D eigenvalue weighted by atomic mass is 9.99. The number of aromatic nitrogens is 2. The van der Waals surface area contributed by atoms with Gasteiger partial charge < -0.3 is 5.32 Å². The van der Waals surface area contributed by atoms with Gasteiger partial charge >= 0.3 is 0 Å². The Balaban J connectivity index is 2.55. The van der Waals surface area contributed by atoms with Gasteiger partial charge in [0.1, 0.15) is 5.02 Å². The van der Waals surface area contributed by atoms with Crippen LogP contribution in [0.25, 0.3) is 0 Å². The smallest absolute Gasteiger partial charge is 0.239 e. The summed E-state index contributed by atoms with van der Waals surface area (Å²) in [4.78, 5) is 8.12. The number of nitrogen functional groups attached to an aromatic ring is 1. The first-order chi connectivity index (χ1) is 8.71. The van der Waals surface area contributed by atoms with Crippen LogP contribution < -0.4 is 16.6 Å². The van der Waals surface area contributed by atoms with Gasteiger partial charge in [0.2, 0.25) is 5.95 Å². The summed E-state index contributed by atoms with van der Waals surface area (Å²) in [6, 6.07) is 0. The molecule has 0 aliphatic carbocycles. The minimum atomic E-state index is 0.364. The van der Waals surface area contributed by atoms with Crippen molar-refractivity contribution in [2.45, 2.75) is 39.5 Å². The Kier molecular flexibility index (Phi) is 6.75. The molecular weight excluding hydrogens is 250 g/mol. The third kappa shape index (κ3) is 4.66. The monoisotopic (exact) mass is 271 g/mol. The van der Waals surface area contributed by atoms with Crippen molar-refractivity contribution in [2.24, 2.45) is 11.8 Å². The van der Waals surface area contributed by atoms with Crippen LogP contribution in [0.3, 0.4) is 0 Å². The van der Waals surface area contributed by atoms with Gasteiger partial charge in [0.05, 0.1) is 6.20 Å². The fourth-order valence-corrected chi connectivity index (χ4v) is 1.90. The molecule has 1 unspecified atom stereocenters. The predicted octanol–water partition coefficient (Wildman–Crippen LogP) is 3.04. The summed E-state index contributed by atoms with van der Waals surface area (Å²) < 4.78 is 0. The second-order valence-electron chi connectivity index (χ2n) is 4.33. The standard InChI is InChI=1S/C12H22ClN5/c1-3-5-6-9(4-2)7-15-11-10(13)8-16-12(17-11)18-14/h8-9H,3-7,14H2,1-2H3,(H2,15,16,17,18). The Morgan fingerprint density at radius 2 is 2.22 bits per heavy atom. The first-order valence-electron chi connectivity index (χ1n) is 6.44. The molecule has 0 saturated heterocycles. The molecule has 4 N–H and O–H groups in total. The average molecular weight is 272 g/mol. The molecule has 1 atom stereocenters. The molecule has 5 nitrogen and oxygen atoms in total. The summed E-state index contributed by atoms with van der Waals surface area (Å²) in [7, 11) is 0. The molecule has 0 fully saturated rings. The maximum atomic E-state index is 6.03. The van der Waals surface area contributed by atoms with Gasteiger partial charge in [-0.2, -0.15) is 4.98 Å². The molecule has 0 aromatic carbocycles. The highest BCUT2D eigenvalue weighted by Crippen LogP contribution is 2.20. The lowest BCUT2D eigenvalue weighted by Gasteiger charge is -2.16. The second-order valence-corrected chi connectivity index (χ2v) is 4.74.